The molecule has 1 atom stereocenters. The van der Waals surface area contributed by atoms with Gasteiger partial charge in [0, 0.05) is 19.6 Å². The molecule has 2 heterocycles. The van der Waals surface area contributed by atoms with Gasteiger partial charge in [-0.15, -0.1) is 5.10 Å². The molecule has 5 nitrogen and oxygen atoms in total. The molecule has 0 radical (unpaired) electrons. The molecule has 1 amide bonds. The molecule has 1 aromatic heterocycles. The van der Waals surface area contributed by atoms with Crippen molar-refractivity contribution >= 4 is 11.7 Å². The molecule has 3 rings (SSSR count). The Kier molecular flexibility index (Phi) is 5.47. The van der Waals surface area contributed by atoms with Crippen LogP contribution < -0.4 is 10.2 Å². The number of hydrogen-bond donors (Lipinski definition) is 1. The Morgan fingerprint density at radius 3 is 2.74 bits per heavy atom. The second-order valence-electron chi connectivity index (χ2n) is 7.07. The molecule has 0 spiro atoms. The number of aromatic nitrogens is 2. The van der Waals surface area contributed by atoms with Crippen LogP contribution in [-0.4, -0.2) is 35.7 Å². The zero-order valence-corrected chi connectivity index (χ0v) is 14.1. The van der Waals surface area contributed by atoms with Gasteiger partial charge in [0.1, 0.15) is 0 Å². The molecule has 126 valence electrons. The van der Waals surface area contributed by atoms with E-state index in [1.807, 2.05) is 19.1 Å². The molecule has 1 aliphatic carbocycles. The van der Waals surface area contributed by atoms with Gasteiger partial charge < -0.3 is 10.2 Å². The normalized spacial score (nSPS) is 22.8. The molecule has 5 heteroatoms. The maximum absolute atomic E-state index is 12.5. The average Bonchev–Trinajstić information content (AvgIpc) is 2.61. The topological polar surface area (TPSA) is 58.1 Å². The van der Waals surface area contributed by atoms with Crippen LogP contribution >= 0.6 is 0 Å². The third-order valence-electron chi connectivity index (χ3n) is 5.19. The minimum atomic E-state index is 0.0791. The predicted molar refractivity (Wildman–Crippen MR) is 91.3 cm³/mol. The predicted octanol–water partition coefficient (Wildman–Crippen LogP) is 2.70. The first-order valence-corrected chi connectivity index (χ1v) is 9.05. The Morgan fingerprint density at radius 2 is 2.00 bits per heavy atom. The summed E-state index contributed by atoms with van der Waals surface area (Å²) in [5.74, 6) is 1.88. The SMILES string of the molecule is Cc1ccc(N2CCCC(C(=O)NCC3CCCCC3)C2)nn1. The van der Waals surface area contributed by atoms with Crippen LogP contribution in [0.2, 0.25) is 0 Å². The van der Waals surface area contributed by atoms with Gasteiger partial charge in [-0.1, -0.05) is 19.3 Å². The van der Waals surface area contributed by atoms with Crippen molar-refractivity contribution in [2.75, 3.05) is 24.5 Å². The summed E-state index contributed by atoms with van der Waals surface area (Å²) in [5.41, 5.74) is 0.924. The quantitative estimate of drug-likeness (QED) is 0.928. The van der Waals surface area contributed by atoms with E-state index in [2.05, 4.69) is 20.4 Å². The average molecular weight is 316 g/mol. The van der Waals surface area contributed by atoms with Crippen LogP contribution in [0, 0.1) is 18.8 Å². The number of amides is 1. The van der Waals surface area contributed by atoms with Crippen LogP contribution in [0.1, 0.15) is 50.6 Å². The number of anilines is 1. The van der Waals surface area contributed by atoms with Gasteiger partial charge in [0.15, 0.2) is 5.82 Å². The first-order chi connectivity index (χ1) is 11.2. The van der Waals surface area contributed by atoms with E-state index in [-0.39, 0.29) is 11.8 Å². The molecule has 1 saturated carbocycles. The van der Waals surface area contributed by atoms with Crippen molar-refractivity contribution in [3.05, 3.63) is 17.8 Å². The summed E-state index contributed by atoms with van der Waals surface area (Å²) in [5, 5.41) is 11.6. The Balaban J connectivity index is 1.51. The van der Waals surface area contributed by atoms with Crippen LogP contribution in [0.5, 0.6) is 0 Å². The van der Waals surface area contributed by atoms with Gasteiger partial charge in [0.25, 0.3) is 0 Å². The van der Waals surface area contributed by atoms with Crippen molar-refractivity contribution in [2.24, 2.45) is 11.8 Å². The molecule has 1 saturated heterocycles. The Hall–Kier alpha value is -1.65. The highest BCUT2D eigenvalue weighted by atomic mass is 16.1. The number of rotatable bonds is 4. The summed E-state index contributed by atoms with van der Waals surface area (Å²) in [6.45, 7) is 4.52. The molecule has 1 unspecified atom stereocenters. The molecular formula is C18H28N4O. The second-order valence-corrected chi connectivity index (χ2v) is 7.07. The van der Waals surface area contributed by atoms with E-state index in [0.717, 1.165) is 44.0 Å². The monoisotopic (exact) mass is 316 g/mol. The summed E-state index contributed by atoms with van der Waals surface area (Å²) in [6, 6.07) is 3.99. The van der Waals surface area contributed by atoms with Crippen molar-refractivity contribution < 1.29 is 4.79 Å². The number of piperidine rings is 1. The molecule has 23 heavy (non-hydrogen) atoms. The zero-order chi connectivity index (χ0) is 16.1. The minimum absolute atomic E-state index is 0.0791. The van der Waals surface area contributed by atoms with Crippen LogP contribution in [0.3, 0.4) is 0 Å². The third-order valence-corrected chi connectivity index (χ3v) is 5.19. The second kappa shape index (κ2) is 7.75. The highest BCUT2D eigenvalue weighted by molar-refractivity contribution is 5.79. The highest BCUT2D eigenvalue weighted by Gasteiger charge is 2.27. The van der Waals surface area contributed by atoms with E-state index in [1.165, 1.54) is 32.1 Å². The molecule has 2 fully saturated rings. The lowest BCUT2D eigenvalue weighted by Gasteiger charge is -2.33. The number of hydrogen-bond acceptors (Lipinski definition) is 4. The highest BCUT2D eigenvalue weighted by Crippen LogP contribution is 2.24. The van der Waals surface area contributed by atoms with Gasteiger partial charge in [-0.25, -0.2) is 0 Å². The van der Waals surface area contributed by atoms with Gasteiger partial charge >= 0.3 is 0 Å². The third kappa shape index (κ3) is 4.43. The fourth-order valence-electron chi connectivity index (χ4n) is 3.74. The molecule has 0 bridgehead atoms. The van der Waals surface area contributed by atoms with E-state index in [0.29, 0.717) is 5.92 Å². The van der Waals surface area contributed by atoms with E-state index in [9.17, 15) is 4.79 Å². The lowest BCUT2D eigenvalue weighted by molar-refractivity contribution is -0.125. The maximum atomic E-state index is 12.5. The fraction of sp³-hybridized carbons (Fsp3) is 0.722. The van der Waals surface area contributed by atoms with Crippen molar-refractivity contribution in [1.82, 2.24) is 15.5 Å². The summed E-state index contributed by atoms with van der Waals surface area (Å²) in [7, 11) is 0. The molecule has 1 aromatic rings. The first kappa shape index (κ1) is 16.2. The van der Waals surface area contributed by atoms with Gasteiger partial charge in [-0.3, -0.25) is 4.79 Å². The van der Waals surface area contributed by atoms with Gasteiger partial charge in [0.05, 0.1) is 11.6 Å². The first-order valence-electron chi connectivity index (χ1n) is 9.05. The van der Waals surface area contributed by atoms with Crippen molar-refractivity contribution in [2.45, 2.75) is 51.9 Å². The smallest absolute Gasteiger partial charge is 0.224 e. The van der Waals surface area contributed by atoms with Crippen LogP contribution in [0.15, 0.2) is 12.1 Å². The molecular weight excluding hydrogens is 288 g/mol. The van der Waals surface area contributed by atoms with Crippen LogP contribution in [0.25, 0.3) is 0 Å². The van der Waals surface area contributed by atoms with Crippen LogP contribution in [-0.2, 0) is 4.79 Å². The summed E-state index contributed by atoms with van der Waals surface area (Å²) >= 11 is 0. The molecule has 1 N–H and O–H groups in total. The standard InChI is InChI=1S/C18H28N4O/c1-14-9-10-17(21-20-14)22-11-5-8-16(13-22)18(23)19-12-15-6-3-2-4-7-15/h9-10,15-16H,2-8,11-13H2,1H3,(H,19,23). The largest absolute Gasteiger partial charge is 0.356 e. The van der Waals surface area contributed by atoms with E-state index >= 15 is 0 Å². The molecule has 0 aromatic carbocycles. The van der Waals surface area contributed by atoms with Gasteiger partial charge in [0.2, 0.25) is 5.91 Å². The Labute approximate surface area is 138 Å². The maximum Gasteiger partial charge on any atom is 0.224 e. The molecule has 2 aliphatic rings. The van der Waals surface area contributed by atoms with Crippen molar-refractivity contribution in [3.63, 3.8) is 0 Å². The number of carbonyl (C=O) groups is 1. The molecule has 1 aliphatic heterocycles. The lowest BCUT2D eigenvalue weighted by atomic mass is 9.89. The zero-order valence-electron chi connectivity index (χ0n) is 14.1. The van der Waals surface area contributed by atoms with Crippen molar-refractivity contribution in [1.29, 1.82) is 0 Å². The van der Waals surface area contributed by atoms with Gasteiger partial charge in [-0.2, -0.15) is 5.10 Å². The van der Waals surface area contributed by atoms with E-state index in [4.69, 9.17) is 0 Å². The Bertz CT molecular complexity index is 510. The summed E-state index contributed by atoms with van der Waals surface area (Å²) in [6.07, 6.45) is 8.57. The van der Waals surface area contributed by atoms with E-state index in [1.54, 1.807) is 0 Å². The minimum Gasteiger partial charge on any atom is -0.356 e. The Morgan fingerprint density at radius 1 is 1.17 bits per heavy atom. The number of aryl methyl sites for hydroxylation is 1. The lowest BCUT2D eigenvalue weighted by Crippen LogP contribution is -2.44. The van der Waals surface area contributed by atoms with Crippen LogP contribution in [0.4, 0.5) is 5.82 Å². The summed E-state index contributed by atoms with van der Waals surface area (Å²) < 4.78 is 0. The van der Waals surface area contributed by atoms with Gasteiger partial charge in [-0.05, 0) is 50.7 Å². The van der Waals surface area contributed by atoms with E-state index < -0.39 is 0 Å². The van der Waals surface area contributed by atoms with Crippen molar-refractivity contribution in [3.8, 4) is 0 Å². The number of nitrogens with zero attached hydrogens (tertiary/aromatic N) is 3. The summed E-state index contributed by atoms with van der Waals surface area (Å²) in [4.78, 5) is 14.7. The number of carbonyl (C=O) groups excluding carboxylic acids is 1. The number of nitrogens with one attached hydrogen (secondary N) is 1. The fourth-order valence-corrected chi connectivity index (χ4v) is 3.74.